The van der Waals surface area contributed by atoms with Gasteiger partial charge in [0.05, 0.1) is 11.3 Å². The van der Waals surface area contributed by atoms with Crippen molar-refractivity contribution in [2.75, 3.05) is 17.6 Å². The fourth-order valence-corrected chi connectivity index (χ4v) is 2.96. The van der Waals surface area contributed by atoms with Crippen LogP contribution < -0.4 is 14.8 Å². The summed E-state index contributed by atoms with van der Waals surface area (Å²) in [6.07, 6.45) is 1.07. The number of hydrogen-bond acceptors (Lipinski definition) is 4. The first-order chi connectivity index (χ1) is 11.7. The van der Waals surface area contributed by atoms with Crippen molar-refractivity contribution < 1.29 is 17.9 Å². The van der Waals surface area contributed by atoms with Crippen molar-refractivity contribution in [2.45, 2.75) is 6.54 Å². The number of nitrogens with one attached hydrogen (secondary N) is 2. The predicted molar refractivity (Wildman–Crippen MR) is 98.7 cm³/mol. The molecule has 1 amide bonds. The number of amides is 1. The summed E-state index contributed by atoms with van der Waals surface area (Å²) in [5.74, 6) is 0.0214. The number of sulfonamides is 1. The quantitative estimate of drug-likeness (QED) is 0.744. The average molecular weight is 403 g/mol. The van der Waals surface area contributed by atoms with Crippen molar-refractivity contribution in [1.82, 2.24) is 5.32 Å². The van der Waals surface area contributed by atoms with Crippen molar-refractivity contribution in [3.63, 3.8) is 0 Å². The average Bonchev–Trinajstić information content (AvgIpc) is 2.51. The first-order valence-electron chi connectivity index (χ1n) is 7.14. The van der Waals surface area contributed by atoms with Gasteiger partial charge in [0.15, 0.2) is 6.61 Å². The molecule has 0 aliphatic heterocycles. The van der Waals surface area contributed by atoms with E-state index < -0.39 is 10.0 Å². The van der Waals surface area contributed by atoms with Crippen molar-refractivity contribution in [3.8, 4) is 5.75 Å². The van der Waals surface area contributed by atoms with Gasteiger partial charge in [0.25, 0.3) is 5.91 Å². The summed E-state index contributed by atoms with van der Waals surface area (Å²) in [5.41, 5.74) is 1.17. The molecular formula is C16H16Cl2N2O4S. The standard InChI is InChI=1S/C16H16Cl2N2O4S/c1-25(22,23)20-13-4-2-3-11(7-13)9-19-16(21)10-24-15-6-5-12(17)8-14(15)18/h2-8,20H,9-10H2,1H3,(H,19,21). The van der Waals surface area contributed by atoms with E-state index in [1.54, 1.807) is 36.4 Å². The molecule has 0 atom stereocenters. The highest BCUT2D eigenvalue weighted by molar-refractivity contribution is 7.92. The number of ether oxygens (including phenoxy) is 1. The van der Waals surface area contributed by atoms with Gasteiger partial charge in [0, 0.05) is 17.3 Å². The van der Waals surface area contributed by atoms with Crippen molar-refractivity contribution in [3.05, 3.63) is 58.1 Å². The molecule has 25 heavy (non-hydrogen) atoms. The van der Waals surface area contributed by atoms with E-state index in [-0.39, 0.29) is 19.1 Å². The second-order valence-electron chi connectivity index (χ2n) is 5.21. The number of halogens is 2. The summed E-state index contributed by atoms with van der Waals surface area (Å²) in [6.45, 7) is 0.0262. The third kappa shape index (κ3) is 6.81. The SMILES string of the molecule is CS(=O)(=O)Nc1cccc(CNC(=O)COc2ccc(Cl)cc2Cl)c1. The molecule has 6 nitrogen and oxygen atoms in total. The molecule has 2 N–H and O–H groups in total. The molecule has 134 valence electrons. The summed E-state index contributed by atoms with van der Waals surface area (Å²) >= 11 is 11.7. The van der Waals surface area contributed by atoms with Gasteiger partial charge >= 0.3 is 0 Å². The van der Waals surface area contributed by atoms with Crippen LogP contribution in [0.5, 0.6) is 5.75 Å². The molecule has 0 radical (unpaired) electrons. The van der Waals surface area contributed by atoms with E-state index in [1.165, 1.54) is 6.07 Å². The lowest BCUT2D eigenvalue weighted by Gasteiger charge is -2.10. The fraction of sp³-hybridized carbons (Fsp3) is 0.188. The van der Waals surface area contributed by atoms with Crippen LogP contribution in [-0.2, 0) is 21.4 Å². The molecule has 2 rings (SSSR count). The Balaban J connectivity index is 1.86. The van der Waals surface area contributed by atoms with Gasteiger partial charge in [-0.1, -0.05) is 35.3 Å². The minimum atomic E-state index is -3.35. The van der Waals surface area contributed by atoms with Crippen LogP contribution in [-0.4, -0.2) is 27.2 Å². The number of carbonyl (C=O) groups excluding carboxylic acids is 1. The van der Waals surface area contributed by atoms with Crippen LogP contribution in [0.1, 0.15) is 5.56 Å². The lowest BCUT2D eigenvalue weighted by molar-refractivity contribution is -0.123. The van der Waals surface area contributed by atoms with Gasteiger partial charge in [0.2, 0.25) is 10.0 Å². The molecule has 2 aromatic rings. The Hall–Kier alpha value is -1.96. The number of anilines is 1. The molecule has 0 aromatic heterocycles. The molecule has 0 aliphatic carbocycles. The molecule has 0 bridgehead atoms. The molecule has 2 aromatic carbocycles. The summed E-state index contributed by atoms with van der Waals surface area (Å²) < 4.78 is 30.2. The van der Waals surface area contributed by atoms with Gasteiger partial charge in [0.1, 0.15) is 5.75 Å². The van der Waals surface area contributed by atoms with Crippen molar-refractivity contribution >= 4 is 44.8 Å². The Morgan fingerprint density at radius 2 is 1.92 bits per heavy atom. The van der Waals surface area contributed by atoms with Gasteiger partial charge in [-0.15, -0.1) is 0 Å². The van der Waals surface area contributed by atoms with Crippen molar-refractivity contribution in [2.24, 2.45) is 0 Å². The lowest BCUT2D eigenvalue weighted by Crippen LogP contribution is -2.28. The molecule has 0 fully saturated rings. The minimum absolute atomic E-state index is 0.206. The normalized spacial score (nSPS) is 11.0. The maximum Gasteiger partial charge on any atom is 0.258 e. The number of hydrogen-bond donors (Lipinski definition) is 2. The first kappa shape index (κ1) is 19.4. The number of benzene rings is 2. The topological polar surface area (TPSA) is 84.5 Å². The van der Waals surface area contributed by atoms with Gasteiger partial charge < -0.3 is 10.1 Å². The van der Waals surface area contributed by atoms with E-state index in [4.69, 9.17) is 27.9 Å². The smallest absolute Gasteiger partial charge is 0.258 e. The number of carbonyl (C=O) groups is 1. The van der Waals surface area contributed by atoms with E-state index in [9.17, 15) is 13.2 Å². The zero-order valence-corrected chi connectivity index (χ0v) is 15.6. The van der Waals surface area contributed by atoms with Crippen LogP contribution in [0.25, 0.3) is 0 Å². The molecule has 0 unspecified atom stereocenters. The van der Waals surface area contributed by atoms with E-state index in [0.29, 0.717) is 21.5 Å². The Morgan fingerprint density at radius 1 is 1.16 bits per heavy atom. The summed E-state index contributed by atoms with van der Waals surface area (Å²) in [7, 11) is -3.35. The highest BCUT2D eigenvalue weighted by Crippen LogP contribution is 2.27. The predicted octanol–water partition coefficient (Wildman–Crippen LogP) is 3.06. The van der Waals surface area contributed by atoms with Crippen LogP contribution >= 0.6 is 23.2 Å². The molecule has 9 heteroatoms. The monoisotopic (exact) mass is 402 g/mol. The molecule has 0 aliphatic rings. The Kier molecular flexibility index (Phi) is 6.52. The Morgan fingerprint density at radius 3 is 2.60 bits per heavy atom. The van der Waals surface area contributed by atoms with Gasteiger partial charge in [-0.05, 0) is 35.9 Å². The van der Waals surface area contributed by atoms with Crippen LogP contribution in [0.4, 0.5) is 5.69 Å². The van der Waals surface area contributed by atoms with Crippen LogP contribution in [0.3, 0.4) is 0 Å². The highest BCUT2D eigenvalue weighted by Gasteiger charge is 2.07. The van der Waals surface area contributed by atoms with E-state index in [2.05, 4.69) is 10.0 Å². The van der Waals surface area contributed by atoms with E-state index in [0.717, 1.165) is 11.8 Å². The molecule has 0 heterocycles. The van der Waals surface area contributed by atoms with Gasteiger partial charge in [-0.2, -0.15) is 0 Å². The second kappa shape index (κ2) is 8.42. The van der Waals surface area contributed by atoms with Crippen molar-refractivity contribution in [1.29, 1.82) is 0 Å². The minimum Gasteiger partial charge on any atom is -0.482 e. The van der Waals surface area contributed by atoms with E-state index >= 15 is 0 Å². The zero-order valence-electron chi connectivity index (χ0n) is 13.3. The summed E-state index contributed by atoms with van der Waals surface area (Å²) in [6, 6.07) is 11.4. The van der Waals surface area contributed by atoms with Crippen LogP contribution in [0, 0.1) is 0 Å². The van der Waals surface area contributed by atoms with E-state index in [1.807, 2.05) is 0 Å². The van der Waals surface area contributed by atoms with Crippen LogP contribution in [0.15, 0.2) is 42.5 Å². The summed E-state index contributed by atoms with van der Waals surface area (Å²) in [5, 5.41) is 3.48. The lowest BCUT2D eigenvalue weighted by atomic mass is 10.2. The van der Waals surface area contributed by atoms with Gasteiger partial charge in [-0.25, -0.2) is 8.42 Å². The maximum atomic E-state index is 11.9. The molecule has 0 saturated heterocycles. The summed E-state index contributed by atoms with van der Waals surface area (Å²) in [4.78, 5) is 11.9. The third-order valence-corrected chi connectivity index (χ3v) is 4.11. The second-order valence-corrected chi connectivity index (χ2v) is 7.81. The first-order valence-corrected chi connectivity index (χ1v) is 9.79. The van der Waals surface area contributed by atoms with Gasteiger partial charge in [-0.3, -0.25) is 9.52 Å². The largest absolute Gasteiger partial charge is 0.482 e. The third-order valence-electron chi connectivity index (χ3n) is 2.97. The fourth-order valence-electron chi connectivity index (χ4n) is 1.95. The Bertz CT molecular complexity index is 872. The number of rotatable bonds is 7. The maximum absolute atomic E-state index is 11.9. The molecular weight excluding hydrogens is 387 g/mol. The highest BCUT2D eigenvalue weighted by atomic mass is 35.5. The zero-order chi connectivity index (χ0) is 18.4. The molecule has 0 spiro atoms. The van der Waals surface area contributed by atoms with Crippen LogP contribution in [0.2, 0.25) is 10.0 Å². The molecule has 0 saturated carbocycles. The Labute approximate surface area is 156 Å².